The molecular formula is C18H20FN3O. The van der Waals surface area contributed by atoms with Crippen molar-refractivity contribution >= 4 is 11.6 Å². The van der Waals surface area contributed by atoms with Crippen LogP contribution in [0.4, 0.5) is 10.1 Å². The van der Waals surface area contributed by atoms with Crippen molar-refractivity contribution in [1.29, 1.82) is 0 Å². The van der Waals surface area contributed by atoms with Crippen LogP contribution in [0.25, 0.3) is 0 Å². The molecule has 23 heavy (non-hydrogen) atoms. The lowest BCUT2D eigenvalue weighted by Gasteiger charge is -2.25. The van der Waals surface area contributed by atoms with E-state index in [4.69, 9.17) is 0 Å². The molecule has 1 amide bonds. The van der Waals surface area contributed by atoms with Gasteiger partial charge in [0.15, 0.2) is 0 Å². The Bertz CT molecular complexity index is 703. The van der Waals surface area contributed by atoms with Crippen molar-refractivity contribution in [2.45, 2.75) is 18.9 Å². The van der Waals surface area contributed by atoms with Gasteiger partial charge < -0.3 is 9.80 Å². The number of amides is 1. The van der Waals surface area contributed by atoms with Crippen molar-refractivity contribution < 1.29 is 9.18 Å². The summed E-state index contributed by atoms with van der Waals surface area (Å²) in [5, 5.41) is 0. The number of hydrogen-bond donors (Lipinski definition) is 0. The zero-order valence-corrected chi connectivity index (χ0v) is 13.4. The highest BCUT2D eigenvalue weighted by Gasteiger charge is 2.30. The van der Waals surface area contributed by atoms with Gasteiger partial charge in [-0.05, 0) is 48.7 Å². The largest absolute Gasteiger partial charge is 0.375 e. The minimum Gasteiger partial charge on any atom is -0.375 e. The van der Waals surface area contributed by atoms with Gasteiger partial charge in [0.25, 0.3) is 5.91 Å². The summed E-state index contributed by atoms with van der Waals surface area (Å²) in [6.45, 7) is 0.697. The lowest BCUT2D eigenvalue weighted by molar-refractivity contribution is 0.0735. The number of nitrogens with zero attached hydrogens (tertiary/aromatic N) is 3. The minimum absolute atomic E-state index is 0.0436. The summed E-state index contributed by atoms with van der Waals surface area (Å²) < 4.78 is 14.1. The van der Waals surface area contributed by atoms with E-state index in [-0.39, 0.29) is 17.8 Å². The highest BCUT2D eigenvalue weighted by molar-refractivity contribution is 5.95. The molecule has 0 bridgehead atoms. The van der Waals surface area contributed by atoms with E-state index in [9.17, 15) is 9.18 Å². The Labute approximate surface area is 135 Å². The van der Waals surface area contributed by atoms with Crippen LogP contribution in [-0.2, 0) is 0 Å². The third-order valence-electron chi connectivity index (χ3n) is 4.28. The molecule has 1 aromatic heterocycles. The number of aromatic nitrogens is 1. The maximum atomic E-state index is 14.1. The quantitative estimate of drug-likeness (QED) is 0.872. The van der Waals surface area contributed by atoms with Gasteiger partial charge >= 0.3 is 0 Å². The number of rotatable bonds is 3. The molecule has 1 aliphatic heterocycles. The first kappa shape index (κ1) is 15.5. The highest BCUT2D eigenvalue weighted by Crippen LogP contribution is 2.33. The summed E-state index contributed by atoms with van der Waals surface area (Å²) in [4.78, 5) is 20.3. The molecule has 0 N–H and O–H groups in total. The summed E-state index contributed by atoms with van der Waals surface area (Å²) in [6, 6.07) is 8.60. The summed E-state index contributed by atoms with van der Waals surface area (Å²) in [5.41, 5.74) is 1.96. The standard InChI is InChI=1S/C18H20FN3O/c1-21(2)17-6-5-14(12-15(17)19)18(23)22-11-3-4-16(22)13-7-9-20-10-8-13/h5-10,12,16H,3-4,11H2,1-2H3/t16-/m0/s1. The molecule has 1 fully saturated rings. The molecule has 0 unspecified atom stereocenters. The molecule has 0 spiro atoms. The molecule has 1 aliphatic rings. The normalized spacial score (nSPS) is 17.3. The maximum Gasteiger partial charge on any atom is 0.254 e. The van der Waals surface area contributed by atoms with Gasteiger partial charge in [0.05, 0.1) is 11.7 Å². The van der Waals surface area contributed by atoms with Gasteiger partial charge in [-0.15, -0.1) is 0 Å². The Balaban J connectivity index is 1.86. The Hall–Kier alpha value is -2.43. The van der Waals surface area contributed by atoms with Crippen LogP contribution in [0.15, 0.2) is 42.7 Å². The average molecular weight is 313 g/mol. The minimum atomic E-state index is -0.375. The van der Waals surface area contributed by atoms with Crippen LogP contribution in [0.2, 0.25) is 0 Å². The monoisotopic (exact) mass is 313 g/mol. The molecule has 3 rings (SSSR count). The van der Waals surface area contributed by atoms with Crippen LogP contribution in [-0.4, -0.2) is 36.4 Å². The number of pyridine rings is 1. The molecule has 2 heterocycles. The molecule has 120 valence electrons. The Kier molecular flexibility index (Phi) is 4.28. The molecule has 5 heteroatoms. The predicted molar refractivity (Wildman–Crippen MR) is 88.0 cm³/mol. The molecule has 0 saturated carbocycles. The maximum absolute atomic E-state index is 14.1. The van der Waals surface area contributed by atoms with Crippen molar-refractivity contribution in [3.05, 3.63) is 59.7 Å². The van der Waals surface area contributed by atoms with Gasteiger partial charge in [-0.3, -0.25) is 9.78 Å². The highest BCUT2D eigenvalue weighted by atomic mass is 19.1. The summed E-state index contributed by atoms with van der Waals surface area (Å²) in [5.74, 6) is -0.492. The van der Waals surface area contributed by atoms with Gasteiger partial charge in [-0.1, -0.05) is 0 Å². The van der Waals surface area contributed by atoms with Gasteiger partial charge in [0.2, 0.25) is 0 Å². The lowest BCUT2D eigenvalue weighted by atomic mass is 10.1. The third-order valence-corrected chi connectivity index (χ3v) is 4.28. The number of likely N-dealkylation sites (tertiary alicyclic amines) is 1. The van der Waals surface area contributed by atoms with Crippen molar-refractivity contribution in [2.24, 2.45) is 0 Å². The second-order valence-electron chi connectivity index (χ2n) is 6.00. The van der Waals surface area contributed by atoms with Crippen molar-refractivity contribution in [3.63, 3.8) is 0 Å². The van der Waals surface area contributed by atoms with E-state index in [0.717, 1.165) is 18.4 Å². The Morgan fingerprint density at radius 1 is 1.26 bits per heavy atom. The smallest absolute Gasteiger partial charge is 0.254 e. The van der Waals surface area contributed by atoms with E-state index >= 15 is 0 Å². The molecule has 0 aliphatic carbocycles. The SMILES string of the molecule is CN(C)c1ccc(C(=O)N2CCC[C@H]2c2ccncc2)cc1F. The fourth-order valence-electron chi connectivity index (χ4n) is 3.11. The number of carbonyl (C=O) groups is 1. The predicted octanol–water partition coefficient (Wildman–Crippen LogP) is 3.26. The number of carbonyl (C=O) groups excluding carboxylic acids is 1. The van der Waals surface area contributed by atoms with Crippen LogP contribution < -0.4 is 4.90 Å². The van der Waals surface area contributed by atoms with E-state index < -0.39 is 0 Å². The fourth-order valence-corrected chi connectivity index (χ4v) is 3.11. The third kappa shape index (κ3) is 3.04. The van der Waals surface area contributed by atoms with E-state index in [1.165, 1.54) is 6.07 Å². The average Bonchev–Trinajstić information content (AvgIpc) is 3.04. The van der Waals surface area contributed by atoms with Crippen LogP contribution in [0.5, 0.6) is 0 Å². The van der Waals surface area contributed by atoms with E-state index in [2.05, 4.69) is 4.98 Å². The molecule has 4 nitrogen and oxygen atoms in total. The summed E-state index contributed by atoms with van der Waals surface area (Å²) >= 11 is 0. The second kappa shape index (κ2) is 6.36. The first-order valence-electron chi connectivity index (χ1n) is 7.75. The van der Waals surface area contributed by atoms with Gasteiger partial charge in [0.1, 0.15) is 5.82 Å². The molecule has 1 aromatic carbocycles. The van der Waals surface area contributed by atoms with Crippen molar-refractivity contribution in [2.75, 3.05) is 25.5 Å². The molecular weight excluding hydrogens is 293 g/mol. The summed E-state index contributed by atoms with van der Waals surface area (Å²) in [6.07, 6.45) is 5.36. The zero-order chi connectivity index (χ0) is 16.4. The van der Waals surface area contributed by atoms with Crippen LogP contribution in [0.3, 0.4) is 0 Å². The van der Waals surface area contributed by atoms with Gasteiger partial charge in [-0.25, -0.2) is 4.39 Å². The first-order valence-corrected chi connectivity index (χ1v) is 7.75. The number of halogens is 1. The van der Waals surface area contributed by atoms with Gasteiger partial charge in [-0.2, -0.15) is 0 Å². The lowest BCUT2D eigenvalue weighted by Crippen LogP contribution is -2.30. The van der Waals surface area contributed by atoms with E-state index in [1.807, 2.05) is 17.0 Å². The van der Waals surface area contributed by atoms with E-state index in [0.29, 0.717) is 17.8 Å². The second-order valence-corrected chi connectivity index (χ2v) is 6.00. The van der Waals surface area contributed by atoms with Gasteiger partial charge in [0, 0.05) is 38.6 Å². The molecule has 1 atom stereocenters. The summed E-state index contributed by atoms with van der Waals surface area (Å²) in [7, 11) is 3.56. The number of anilines is 1. The zero-order valence-electron chi connectivity index (χ0n) is 13.4. The molecule has 1 saturated heterocycles. The van der Waals surface area contributed by atoms with E-state index in [1.54, 1.807) is 43.5 Å². The Morgan fingerprint density at radius 3 is 2.65 bits per heavy atom. The topological polar surface area (TPSA) is 36.4 Å². The van der Waals surface area contributed by atoms with Crippen LogP contribution in [0.1, 0.15) is 34.8 Å². The number of hydrogen-bond acceptors (Lipinski definition) is 3. The van der Waals surface area contributed by atoms with Crippen molar-refractivity contribution in [3.8, 4) is 0 Å². The van der Waals surface area contributed by atoms with Crippen LogP contribution >= 0.6 is 0 Å². The van der Waals surface area contributed by atoms with Crippen LogP contribution in [0, 0.1) is 5.82 Å². The molecule has 0 radical (unpaired) electrons. The first-order chi connectivity index (χ1) is 11.1. The van der Waals surface area contributed by atoms with Crippen molar-refractivity contribution in [1.82, 2.24) is 9.88 Å². The number of benzene rings is 1. The molecule has 2 aromatic rings. The fraction of sp³-hybridized carbons (Fsp3) is 0.333. The Morgan fingerprint density at radius 2 is 2.00 bits per heavy atom.